The lowest BCUT2D eigenvalue weighted by Gasteiger charge is -2.02. The smallest absolute Gasteiger partial charge is 0.258 e. The summed E-state index contributed by atoms with van der Waals surface area (Å²) in [5, 5.41) is 10.1. The first-order valence-corrected chi connectivity index (χ1v) is 5.04. The summed E-state index contributed by atoms with van der Waals surface area (Å²) in [4.78, 5) is 17.5. The molecule has 0 spiro atoms. The number of aromatic hydroxyl groups is 1. The first kappa shape index (κ1) is 10.7. The summed E-state index contributed by atoms with van der Waals surface area (Å²) in [5.41, 5.74) is 0.749. The van der Waals surface area contributed by atoms with E-state index < -0.39 is 0 Å². The molecule has 0 unspecified atom stereocenters. The van der Waals surface area contributed by atoms with Crippen molar-refractivity contribution in [2.24, 2.45) is 0 Å². The van der Waals surface area contributed by atoms with Gasteiger partial charge in [0, 0.05) is 11.4 Å². The average molecular weight is 237 g/mol. The van der Waals surface area contributed by atoms with Crippen LogP contribution in [0, 0.1) is 0 Å². The molecule has 2 rings (SSSR count). The fourth-order valence-electron chi connectivity index (χ4n) is 1.43. The van der Waals surface area contributed by atoms with Gasteiger partial charge in [0.2, 0.25) is 5.88 Å². The highest BCUT2D eigenvalue weighted by molar-refractivity contribution is 6.30. The standard InChI is InChI=1S/C11H9ClN2O2/c12-8-3-1-2-7(4-8)5-9-10(15)13-6-14-11(9)16/h1-4,6H,5H2,(H2,13,14,15,16). The Hall–Kier alpha value is -1.81. The number of hydrogen-bond donors (Lipinski definition) is 2. The molecule has 2 N–H and O–H groups in total. The number of halogens is 1. The molecule has 2 aromatic rings. The van der Waals surface area contributed by atoms with Crippen molar-refractivity contribution in [1.29, 1.82) is 0 Å². The molecule has 0 radical (unpaired) electrons. The first-order chi connectivity index (χ1) is 7.66. The van der Waals surface area contributed by atoms with Crippen molar-refractivity contribution in [3.05, 3.63) is 57.1 Å². The number of aromatic nitrogens is 2. The lowest BCUT2D eigenvalue weighted by Crippen LogP contribution is -2.13. The van der Waals surface area contributed by atoms with Crippen LogP contribution < -0.4 is 5.56 Å². The van der Waals surface area contributed by atoms with Gasteiger partial charge in [-0.05, 0) is 17.7 Å². The molecule has 0 atom stereocenters. The molecule has 1 aromatic heterocycles. The van der Waals surface area contributed by atoms with E-state index in [1.807, 2.05) is 6.07 Å². The van der Waals surface area contributed by atoms with Gasteiger partial charge >= 0.3 is 0 Å². The number of benzene rings is 1. The van der Waals surface area contributed by atoms with Crippen LogP contribution in [0.25, 0.3) is 0 Å². The highest BCUT2D eigenvalue weighted by atomic mass is 35.5. The van der Waals surface area contributed by atoms with Gasteiger partial charge in [-0.1, -0.05) is 23.7 Å². The Morgan fingerprint density at radius 1 is 1.44 bits per heavy atom. The van der Waals surface area contributed by atoms with Gasteiger partial charge in [0.15, 0.2) is 0 Å². The van der Waals surface area contributed by atoms with Crippen LogP contribution in [0.5, 0.6) is 5.88 Å². The molecule has 0 aliphatic heterocycles. The summed E-state index contributed by atoms with van der Waals surface area (Å²) < 4.78 is 0. The Morgan fingerprint density at radius 2 is 2.25 bits per heavy atom. The van der Waals surface area contributed by atoms with Crippen molar-refractivity contribution in [2.75, 3.05) is 0 Å². The predicted octanol–water partition coefficient (Wildman–Crippen LogP) is 1.72. The lowest BCUT2D eigenvalue weighted by atomic mass is 10.1. The van der Waals surface area contributed by atoms with Gasteiger partial charge < -0.3 is 10.1 Å². The molecule has 0 saturated heterocycles. The van der Waals surface area contributed by atoms with Crippen LogP contribution in [0.4, 0.5) is 0 Å². The zero-order valence-electron chi connectivity index (χ0n) is 8.27. The van der Waals surface area contributed by atoms with E-state index in [0.717, 1.165) is 5.56 Å². The van der Waals surface area contributed by atoms with Gasteiger partial charge in [0.25, 0.3) is 5.56 Å². The maximum absolute atomic E-state index is 11.4. The maximum atomic E-state index is 11.4. The van der Waals surface area contributed by atoms with Gasteiger partial charge in [-0.3, -0.25) is 4.79 Å². The molecule has 1 aromatic carbocycles. The molecule has 0 aliphatic rings. The second kappa shape index (κ2) is 4.37. The van der Waals surface area contributed by atoms with Crippen LogP contribution in [0.15, 0.2) is 35.4 Å². The molecule has 4 nitrogen and oxygen atoms in total. The van der Waals surface area contributed by atoms with Gasteiger partial charge in [0.1, 0.15) is 0 Å². The van der Waals surface area contributed by atoms with Crippen LogP contribution in [0.1, 0.15) is 11.1 Å². The third-order valence-electron chi connectivity index (χ3n) is 2.20. The predicted molar refractivity (Wildman–Crippen MR) is 60.8 cm³/mol. The summed E-state index contributed by atoms with van der Waals surface area (Å²) in [6.07, 6.45) is 1.47. The normalized spacial score (nSPS) is 10.3. The minimum absolute atomic E-state index is 0.241. The Bertz CT molecular complexity index is 566. The van der Waals surface area contributed by atoms with Gasteiger partial charge in [-0.2, -0.15) is 0 Å². The van der Waals surface area contributed by atoms with Crippen molar-refractivity contribution in [3.8, 4) is 5.88 Å². The Balaban J connectivity index is 2.38. The fraction of sp³-hybridized carbons (Fsp3) is 0.0909. The molecular formula is C11H9ClN2O2. The molecule has 82 valence electrons. The summed E-state index contributed by atoms with van der Waals surface area (Å²) >= 11 is 5.83. The van der Waals surface area contributed by atoms with Crippen LogP contribution in [0.2, 0.25) is 5.02 Å². The van der Waals surface area contributed by atoms with E-state index >= 15 is 0 Å². The Kier molecular flexibility index (Phi) is 2.92. The van der Waals surface area contributed by atoms with E-state index in [9.17, 15) is 9.90 Å². The average Bonchev–Trinajstić information content (AvgIpc) is 2.24. The molecule has 0 fully saturated rings. The number of nitrogens with zero attached hydrogens (tertiary/aromatic N) is 1. The van der Waals surface area contributed by atoms with Gasteiger partial charge in [0.05, 0.1) is 11.9 Å². The minimum Gasteiger partial charge on any atom is -0.493 e. The largest absolute Gasteiger partial charge is 0.493 e. The summed E-state index contributed by atoms with van der Waals surface area (Å²) in [5.74, 6) is -0.247. The Labute approximate surface area is 96.6 Å². The van der Waals surface area contributed by atoms with Crippen molar-refractivity contribution < 1.29 is 5.11 Å². The summed E-state index contributed by atoms with van der Waals surface area (Å²) in [7, 11) is 0. The van der Waals surface area contributed by atoms with E-state index in [1.165, 1.54) is 6.33 Å². The quantitative estimate of drug-likeness (QED) is 0.834. The van der Waals surface area contributed by atoms with Crippen molar-refractivity contribution >= 4 is 11.6 Å². The Morgan fingerprint density at radius 3 is 2.94 bits per heavy atom. The maximum Gasteiger partial charge on any atom is 0.258 e. The van der Waals surface area contributed by atoms with E-state index in [4.69, 9.17) is 11.6 Å². The first-order valence-electron chi connectivity index (χ1n) is 4.67. The number of H-pyrrole nitrogens is 1. The zero-order chi connectivity index (χ0) is 11.5. The number of aromatic amines is 1. The van der Waals surface area contributed by atoms with Crippen LogP contribution in [0.3, 0.4) is 0 Å². The molecule has 0 aliphatic carbocycles. The number of hydrogen-bond acceptors (Lipinski definition) is 3. The molecule has 16 heavy (non-hydrogen) atoms. The highest BCUT2D eigenvalue weighted by Gasteiger charge is 2.08. The van der Waals surface area contributed by atoms with Crippen LogP contribution in [-0.2, 0) is 6.42 Å². The minimum atomic E-state index is -0.340. The van der Waals surface area contributed by atoms with Gasteiger partial charge in [-0.15, -0.1) is 0 Å². The third-order valence-corrected chi connectivity index (χ3v) is 2.43. The second-order valence-electron chi connectivity index (χ2n) is 3.34. The number of rotatable bonds is 2. The fourth-order valence-corrected chi connectivity index (χ4v) is 1.64. The van der Waals surface area contributed by atoms with E-state index in [0.29, 0.717) is 11.4 Å². The van der Waals surface area contributed by atoms with Crippen LogP contribution >= 0.6 is 11.6 Å². The zero-order valence-corrected chi connectivity index (χ0v) is 9.03. The van der Waals surface area contributed by atoms with Crippen molar-refractivity contribution in [2.45, 2.75) is 6.42 Å². The molecule has 0 amide bonds. The highest BCUT2D eigenvalue weighted by Crippen LogP contribution is 2.16. The summed E-state index contributed by atoms with van der Waals surface area (Å²) in [6, 6.07) is 7.11. The summed E-state index contributed by atoms with van der Waals surface area (Å²) in [6.45, 7) is 0. The SMILES string of the molecule is O=c1[nH]cnc(O)c1Cc1cccc(Cl)c1. The third kappa shape index (κ3) is 2.23. The van der Waals surface area contributed by atoms with E-state index in [1.54, 1.807) is 18.2 Å². The molecular weight excluding hydrogens is 228 g/mol. The molecule has 1 heterocycles. The van der Waals surface area contributed by atoms with Gasteiger partial charge in [-0.25, -0.2) is 4.98 Å². The topological polar surface area (TPSA) is 66.0 Å². The molecule has 0 bridgehead atoms. The number of nitrogens with one attached hydrogen (secondary N) is 1. The van der Waals surface area contributed by atoms with Crippen molar-refractivity contribution in [3.63, 3.8) is 0 Å². The van der Waals surface area contributed by atoms with Crippen molar-refractivity contribution in [1.82, 2.24) is 9.97 Å². The lowest BCUT2D eigenvalue weighted by molar-refractivity contribution is 0.444. The monoisotopic (exact) mass is 236 g/mol. The van der Waals surface area contributed by atoms with E-state index in [-0.39, 0.29) is 17.0 Å². The molecule has 5 heteroatoms. The van der Waals surface area contributed by atoms with Crippen LogP contribution in [-0.4, -0.2) is 15.1 Å². The van der Waals surface area contributed by atoms with E-state index in [2.05, 4.69) is 9.97 Å². The molecule has 0 saturated carbocycles. The second-order valence-corrected chi connectivity index (χ2v) is 3.78.